The summed E-state index contributed by atoms with van der Waals surface area (Å²) in [6, 6.07) is 0. The summed E-state index contributed by atoms with van der Waals surface area (Å²) in [4.78, 5) is 23.0. The van der Waals surface area contributed by atoms with Gasteiger partial charge < -0.3 is 15.1 Å². The van der Waals surface area contributed by atoms with Crippen molar-refractivity contribution < 1.29 is 9.63 Å². The molecule has 0 unspecified atom stereocenters. The summed E-state index contributed by atoms with van der Waals surface area (Å²) in [5.74, 6) is -0.0292. The molecule has 3 rings (SSSR count). The number of oxime groups is 1. The molecule has 1 N–H and O–H groups in total. The molecule has 130 valence electrons. The zero-order valence-corrected chi connectivity index (χ0v) is 14.7. The third-order valence-electron chi connectivity index (χ3n) is 5.76. The summed E-state index contributed by atoms with van der Waals surface area (Å²) in [5.41, 5.74) is 0.200. The van der Waals surface area contributed by atoms with Crippen molar-refractivity contribution in [1.29, 1.82) is 0 Å². The predicted molar refractivity (Wildman–Crippen MR) is 90.5 cm³/mol. The zero-order valence-electron chi connectivity index (χ0n) is 14.7. The van der Waals surface area contributed by atoms with Gasteiger partial charge in [-0.25, -0.2) is 0 Å². The summed E-state index contributed by atoms with van der Waals surface area (Å²) < 4.78 is 0. The van der Waals surface area contributed by atoms with E-state index in [2.05, 4.69) is 27.3 Å². The minimum absolute atomic E-state index is 0.0292. The SMILES string of the molecule is CC1=NO[C@@](C)(C(=O)NCC2(N3CCN(C)CC3)CCCC2)C1. The minimum atomic E-state index is -0.827. The Kier molecular flexibility index (Phi) is 4.65. The predicted octanol–water partition coefficient (Wildman–Crippen LogP) is 1.22. The molecule has 0 aromatic carbocycles. The molecule has 23 heavy (non-hydrogen) atoms. The van der Waals surface area contributed by atoms with Crippen molar-refractivity contribution in [2.24, 2.45) is 5.16 Å². The molecule has 6 nitrogen and oxygen atoms in total. The molecule has 0 spiro atoms. The van der Waals surface area contributed by atoms with Gasteiger partial charge in [0.1, 0.15) is 0 Å². The molecule has 0 radical (unpaired) electrons. The lowest BCUT2D eigenvalue weighted by Gasteiger charge is -2.45. The smallest absolute Gasteiger partial charge is 0.267 e. The highest BCUT2D eigenvalue weighted by Gasteiger charge is 2.44. The van der Waals surface area contributed by atoms with Crippen molar-refractivity contribution in [3.05, 3.63) is 0 Å². The van der Waals surface area contributed by atoms with E-state index >= 15 is 0 Å². The van der Waals surface area contributed by atoms with E-state index in [0.717, 1.165) is 38.4 Å². The molecule has 1 saturated heterocycles. The topological polar surface area (TPSA) is 57.2 Å². The highest BCUT2D eigenvalue weighted by Crippen LogP contribution is 2.35. The molecule has 1 saturated carbocycles. The molecule has 1 amide bonds. The number of nitrogens with one attached hydrogen (secondary N) is 1. The van der Waals surface area contributed by atoms with E-state index in [1.54, 1.807) is 0 Å². The Balaban J connectivity index is 1.61. The van der Waals surface area contributed by atoms with Crippen LogP contribution in [0.25, 0.3) is 0 Å². The molecule has 3 aliphatic rings. The van der Waals surface area contributed by atoms with Crippen LogP contribution in [-0.4, -0.2) is 72.3 Å². The Labute approximate surface area is 139 Å². The normalized spacial score (nSPS) is 31.7. The largest absolute Gasteiger partial charge is 0.379 e. The summed E-state index contributed by atoms with van der Waals surface area (Å²) in [6.45, 7) is 8.89. The Hall–Kier alpha value is -1.14. The number of hydrogen-bond donors (Lipinski definition) is 1. The lowest BCUT2D eigenvalue weighted by molar-refractivity contribution is -0.142. The van der Waals surface area contributed by atoms with Gasteiger partial charge in [-0.2, -0.15) is 0 Å². The van der Waals surface area contributed by atoms with Crippen LogP contribution in [0, 0.1) is 0 Å². The molecule has 2 aliphatic heterocycles. The molecule has 1 atom stereocenters. The zero-order chi connectivity index (χ0) is 16.5. The average Bonchev–Trinajstić information content (AvgIpc) is 3.14. The minimum Gasteiger partial charge on any atom is -0.379 e. The quantitative estimate of drug-likeness (QED) is 0.845. The molecule has 2 heterocycles. The third kappa shape index (κ3) is 3.38. The van der Waals surface area contributed by atoms with Gasteiger partial charge in [0.05, 0.1) is 5.71 Å². The maximum Gasteiger partial charge on any atom is 0.267 e. The van der Waals surface area contributed by atoms with Crippen molar-refractivity contribution in [2.75, 3.05) is 39.8 Å². The van der Waals surface area contributed by atoms with E-state index in [0.29, 0.717) is 6.42 Å². The van der Waals surface area contributed by atoms with Crippen LogP contribution < -0.4 is 5.32 Å². The van der Waals surface area contributed by atoms with Gasteiger partial charge in [0.2, 0.25) is 5.60 Å². The maximum absolute atomic E-state index is 12.6. The standard InChI is InChI=1S/C17H30N4O2/c1-14-12-16(2,23-19-14)15(22)18-13-17(6-4-5-7-17)21-10-8-20(3)9-11-21/h4-13H2,1-3H3,(H,18,22)/t16-/m1/s1. The fourth-order valence-corrected chi connectivity index (χ4v) is 4.20. The molecule has 1 aliphatic carbocycles. The van der Waals surface area contributed by atoms with E-state index in [4.69, 9.17) is 4.84 Å². The fraction of sp³-hybridized carbons (Fsp3) is 0.882. The van der Waals surface area contributed by atoms with Crippen molar-refractivity contribution >= 4 is 11.6 Å². The lowest BCUT2D eigenvalue weighted by atomic mass is 9.92. The van der Waals surface area contributed by atoms with Gasteiger partial charge in [-0.05, 0) is 33.7 Å². The Morgan fingerprint density at radius 2 is 1.91 bits per heavy atom. The Morgan fingerprint density at radius 1 is 1.26 bits per heavy atom. The van der Waals surface area contributed by atoms with Crippen molar-refractivity contribution in [1.82, 2.24) is 15.1 Å². The van der Waals surface area contributed by atoms with E-state index in [9.17, 15) is 4.79 Å². The van der Waals surface area contributed by atoms with Gasteiger partial charge in [0.25, 0.3) is 5.91 Å². The highest BCUT2D eigenvalue weighted by molar-refractivity contribution is 5.94. The highest BCUT2D eigenvalue weighted by atomic mass is 16.7. The molecule has 2 fully saturated rings. The second kappa shape index (κ2) is 6.40. The van der Waals surface area contributed by atoms with Crippen LogP contribution in [0.5, 0.6) is 0 Å². The summed E-state index contributed by atoms with van der Waals surface area (Å²) >= 11 is 0. The maximum atomic E-state index is 12.6. The van der Waals surface area contributed by atoms with Gasteiger partial charge in [-0.1, -0.05) is 18.0 Å². The monoisotopic (exact) mass is 322 g/mol. The third-order valence-corrected chi connectivity index (χ3v) is 5.76. The van der Waals surface area contributed by atoms with E-state index < -0.39 is 5.60 Å². The number of amides is 1. The number of likely N-dealkylation sites (N-methyl/N-ethyl adjacent to an activating group) is 1. The molecule has 0 aromatic heterocycles. The first-order valence-electron chi connectivity index (χ1n) is 8.87. The molecular weight excluding hydrogens is 292 g/mol. The van der Waals surface area contributed by atoms with Crippen LogP contribution in [0.15, 0.2) is 5.16 Å². The van der Waals surface area contributed by atoms with Crippen LogP contribution in [-0.2, 0) is 9.63 Å². The molecular formula is C17H30N4O2. The average molecular weight is 322 g/mol. The van der Waals surface area contributed by atoms with Crippen molar-refractivity contribution in [3.63, 3.8) is 0 Å². The van der Waals surface area contributed by atoms with E-state index in [1.165, 1.54) is 25.7 Å². The van der Waals surface area contributed by atoms with Crippen molar-refractivity contribution in [3.8, 4) is 0 Å². The second-order valence-electron chi connectivity index (χ2n) is 7.73. The second-order valence-corrected chi connectivity index (χ2v) is 7.73. The lowest BCUT2D eigenvalue weighted by Crippen LogP contribution is -2.60. The summed E-state index contributed by atoms with van der Waals surface area (Å²) in [5, 5.41) is 7.13. The first-order chi connectivity index (χ1) is 10.9. The fourth-order valence-electron chi connectivity index (χ4n) is 4.20. The molecule has 0 bridgehead atoms. The number of carbonyl (C=O) groups excluding carboxylic acids is 1. The van der Waals surface area contributed by atoms with E-state index in [1.807, 2.05) is 13.8 Å². The first-order valence-corrected chi connectivity index (χ1v) is 8.87. The Bertz CT molecular complexity index is 479. The van der Waals surface area contributed by atoms with E-state index in [-0.39, 0.29) is 11.4 Å². The van der Waals surface area contributed by atoms with Gasteiger partial charge in [0, 0.05) is 44.7 Å². The van der Waals surface area contributed by atoms with Crippen LogP contribution in [0.4, 0.5) is 0 Å². The number of nitrogens with zero attached hydrogens (tertiary/aromatic N) is 3. The van der Waals surface area contributed by atoms with Gasteiger partial charge >= 0.3 is 0 Å². The number of piperazine rings is 1. The van der Waals surface area contributed by atoms with Gasteiger partial charge in [-0.3, -0.25) is 9.69 Å². The van der Waals surface area contributed by atoms with Gasteiger partial charge in [-0.15, -0.1) is 0 Å². The van der Waals surface area contributed by atoms with Crippen LogP contribution >= 0.6 is 0 Å². The van der Waals surface area contributed by atoms with Gasteiger partial charge in [0.15, 0.2) is 0 Å². The first kappa shape index (κ1) is 16.7. The number of carbonyl (C=O) groups is 1. The molecule has 6 heteroatoms. The van der Waals surface area contributed by atoms with Crippen LogP contribution in [0.1, 0.15) is 46.0 Å². The number of hydrogen-bond acceptors (Lipinski definition) is 5. The van der Waals surface area contributed by atoms with Crippen molar-refractivity contribution in [2.45, 2.75) is 57.1 Å². The summed E-state index contributed by atoms with van der Waals surface area (Å²) in [6.07, 6.45) is 5.48. The Morgan fingerprint density at radius 3 is 2.48 bits per heavy atom. The number of rotatable bonds is 4. The van der Waals surface area contributed by atoms with Crippen LogP contribution in [0.2, 0.25) is 0 Å². The van der Waals surface area contributed by atoms with Crippen LogP contribution in [0.3, 0.4) is 0 Å². The summed E-state index contributed by atoms with van der Waals surface area (Å²) in [7, 11) is 2.18. The molecule has 0 aromatic rings.